The van der Waals surface area contributed by atoms with Crippen molar-refractivity contribution in [2.24, 2.45) is 11.8 Å². The molecular weight excluding hydrogens is 426 g/mol. The molecule has 0 aromatic heterocycles. The Bertz CT molecular complexity index is 968. The van der Waals surface area contributed by atoms with E-state index in [0.717, 1.165) is 31.2 Å². The fourth-order valence-corrected chi connectivity index (χ4v) is 4.28. The van der Waals surface area contributed by atoms with Crippen molar-refractivity contribution < 1.29 is 19.4 Å². The number of carboxylic acids is 1. The Kier molecular flexibility index (Phi) is 9.46. The van der Waals surface area contributed by atoms with Crippen LogP contribution in [0.15, 0.2) is 71.9 Å². The van der Waals surface area contributed by atoms with Gasteiger partial charge in [0.15, 0.2) is 0 Å². The van der Waals surface area contributed by atoms with Crippen LogP contribution < -0.4 is 5.32 Å². The number of benzene rings is 1. The molecule has 0 saturated carbocycles. The van der Waals surface area contributed by atoms with E-state index < -0.39 is 5.97 Å². The Labute approximate surface area is 203 Å². The second-order valence-corrected chi connectivity index (χ2v) is 9.39. The highest BCUT2D eigenvalue weighted by molar-refractivity contribution is 5.94. The molecule has 5 nitrogen and oxygen atoms in total. The highest BCUT2D eigenvalue weighted by Gasteiger charge is 2.20. The molecule has 1 aromatic carbocycles. The molecule has 0 bridgehead atoms. The third-order valence-electron chi connectivity index (χ3n) is 6.44. The van der Waals surface area contributed by atoms with E-state index in [-0.39, 0.29) is 31.1 Å². The molecule has 0 fully saturated rings. The van der Waals surface area contributed by atoms with Gasteiger partial charge in [0.05, 0.1) is 18.6 Å². The molecule has 0 radical (unpaired) electrons. The summed E-state index contributed by atoms with van der Waals surface area (Å²) in [7, 11) is 0. The lowest BCUT2D eigenvalue weighted by Gasteiger charge is -2.26. The van der Waals surface area contributed by atoms with Crippen LogP contribution in [0.1, 0.15) is 74.9 Å². The van der Waals surface area contributed by atoms with Gasteiger partial charge in [0.2, 0.25) is 0 Å². The highest BCUT2D eigenvalue weighted by atomic mass is 16.5. The van der Waals surface area contributed by atoms with Crippen LogP contribution in [-0.2, 0) is 9.53 Å². The van der Waals surface area contributed by atoms with Crippen molar-refractivity contribution in [1.82, 2.24) is 5.32 Å². The number of carbonyl (C=O) groups excluding carboxylic acids is 1. The number of rotatable bonds is 11. The molecule has 182 valence electrons. The summed E-state index contributed by atoms with van der Waals surface area (Å²) < 4.78 is 6.46. The second kappa shape index (κ2) is 12.5. The monoisotopic (exact) mass is 463 g/mol. The molecule has 1 aromatic rings. The Balaban J connectivity index is 1.56. The lowest BCUT2D eigenvalue weighted by Crippen LogP contribution is -2.26. The maximum atomic E-state index is 12.2. The fourth-order valence-electron chi connectivity index (χ4n) is 4.28. The van der Waals surface area contributed by atoms with Gasteiger partial charge in [0.1, 0.15) is 0 Å². The van der Waals surface area contributed by atoms with Gasteiger partial charge in [-0.05, 0) is 59.9 Å². The molecule has 2 aliphatic carbocycles. The third kappa shape index (κ3) is 7.29. The predicted octanol–water partition coefficient (Wildman–Crippen LogP) is 6.16. The molecule has 3 atom stereocenters. The van der Waals surface area contributed by atoms with Gasteiger partial charge < -0.3 is 15.2 Å². The van der Waals surface area contributed by atoms with E-state index in [2.05, 4.69) is 62.5 Å². The van der Waals surface area contributed by atoms with E-state index >= 15 is 0 Å². The summed E-state index contributed by atoms with van der Waals surface area (Å²) in [5.74, 6) is 0.101. The fraction of sp³-hybridized carbons (Fsp3) is 0.448. The number of amides is 1. The Morgan fingerprint density at radius 2 is 1.74 bits per heavy atom. The topological polar surface area (TPSA) is 75.6 Å². The highest BCUT2D eigenvalue weighted by Crippen LogP contribution is 2.31. The lowest BCUT2D eigenvalue weighted by atomic mass is 9.85. The van der Waals surface area contributed by atoms with Gasteiger partial charge in [0, 0.05) is 12.1 Å². The summed E-state index contributed by atoms with van der Waals surface area (Å²) in [6.07, 6.45) is 17.3. The average Bonchev–Trinajstić information content (AvgIpc) is 2.84. The zero-order valence-electron chi connectivity index (χ0n) is 20.5. The largest absolute Gasteiger partial charge is 0.481 e. The minimum Gasteiger partial charge on any atom is -0.481 e. The molecule has 3 unspecified atom stereocenters. The Morgan fingerprint density at radius 3 is 2.26 bits per heavy atom. The van der Waals surface area contributed by atoms with Crippen LogP contribution in [0.4, 0.5) is 0 Å². The molecule has 0 spiro atoms. The minimum absolute atomic E-state index is 0.0240. The van der Waals surface area contributed by atoms with E-state index in [1.807, 2.05) is 12.1 Å². The quantitative estimate of drug-likeness (QED) is 0.412. The maximum absolute atomic E-state index is 12.2. The zero-order chi connectivity index (χ0) is 24.5. The summed E-state index contributed by atoms with van der Waals surface area (Å²) in [6.45, 7) is 6.80. The lowest BCUT2D eigenvalue weighted by molar-refractivity contribution is -0.136. The molecule has 3 rings (SSSR count). The number of aliphatic carboxylic acids is 1. The number of carboxylic acid groups (broad SMARTS) is 1. The molecular formula is C29H37NO4. The summed E-state index contributed by atoms with van der Waals surface area (Å²) in [5.41, 5.74) is 4.13. The first-order valence-electron chi connectivity index (χ1n) is 12.4. The van der Waals surface area contributed by atoms with E-state index in [4.69, 9.17) is 9.84 Å². The summed E-state index contributed by atoms with van der Waals surface area (Å²) in [6, 6.07) is 7.42. The van der Waals surface area contributed by atoms with Crippen molar-refractivity contribution in [2.75, 3.05) is 6.54 Å². The average molecular weight is 464 g/mol. The van der Waals surface area contributed by atoms with Crippen molar-refractivity contribution >= 4 is 11.9 Å². The van der Waals surface area contributed by atoms with Crippen molar-refractivity contribution in [1.29, 1.82) is 0 Å². The number of hydrogen-bond acceptors (Lipinski definition) is 3. The number of ether oxygens (including phenoxy) is 1. The maximum Gasteiger partial charge on any atom is 0.305 e. The van der Waals surface area contributed by atoms with E-state index in [1.165, 1.54) is 11.1 Å². The second-order valence-electron chi connectivity index (χ2n) is 9.39. The predicted molar refractivity (Wildman–Crippen MR) is 136 cm³/mol. The van der Waals surface area contributed by atoms with Crippen LogP contribution in [0.25, 0.3) is 0 Å². The van der Waals surface area contributed by atoms with Gasteiger partial charge in [-0.1, -0.05) is 75.8 Å². The van der Waals surface area contributed by atoms with Crippen molar-refractivity contribution in [2.45, 2.75) is 65.1 Å². The van der Waals surface area contributed by atoms with Crippen LogP contribution >= 0.6 is 0 Å². The molecule has 5 heteroatoms. The number of hydrogen-bond donors (Lipinski definition) is 2. The first kappa shape index (κ1) is 25.7. The van der Waals surface area contributed by atoms with E-state index in [9.17, 15) is 9.59 Å². The first-order valence-corrected chi connectivity index (χ1v) is 12.4. The molecule has 0 heterocycles. The number of allylic oxidation sites excluding steroid dienone is 6. The Hall–Kier alpha value is -2.92. The van der Waals surface area contributed by atoms with Crippen LogP contribution in [-0.4, -0.2) is 29.6 Å². The van der Waals surface area contributed by atoms with Crippen molar-refractivity contribution in [3.63, 3.8) is 0 Å². The van der Waals surface area contributed by atoms with Crippen molar-refractivity contribution in [3.8, 4) is 0 Å². The summed E-state index contributed by atoms with van der Waals surface area (Å²) >= 11 is 0. The van der Waals surface area contributed by atoms with Gasteiger partial charge in [-0.15, -0.1) is 0 Å². The molecule has 34 heavy (non-hydrogen) atoms. The molecule has 2 N–H and O–H groups in total. The number of nitrogens with one attached hydrogen (secondary N) is 1. The van der Waals surface area contributed by atoms with Gasteiger partial charge in [-0.2, -0.15) is 0 Å². The van der Waals surface area contributed by atoms with Crippen molar-refractivity contribution in [3.05, 3.63) is 83.0 Å². The molecule has 0 aliphatic heterocycles. The van der Waals surface area contributed by atoms with Gasteiger partial charge in [-0.25, -0.2) is 0 Å². The summed E-state index contributed by atoms with van der Waals surface area (Å²) in [4.78, 5) is 22.8. The standard InChI is InChI=1S/C29H37NO4/c1-4-5-27(24-10-12-25(13-11-24)29(33)30-19-18-28(31)32)34-26-16-14-23(15-17-26)22-8-6-21(7-9-22)20(2)3/h6,8-16,20-21,26-27H,4-5,7,17-19H2,1-3H3,(H,30,33)(H,31,32). The molecule has 0 saturated heterocycles. The van der Waals surface area contributed by atoms with Crippen LogP contribution in [0.3, 0.4) is 0 Å². The normalized spacial score (nSPS) is 20.6. The molecule has 2 aliphatic rings. The summed E-state index contributed by atoms with van der Waals surface area (Å²) in [5, 5.41) is 11.3. The SMILES string of the molecule is CCCC(OC1C=CC(C2=CCC(C(C)C)C=C2)=CC1)c1ccc(C(=O)NCCC(=O)O)cc1. The van der Waals surface area contributed by atoms with E-state index in [0.29, 0.717) is 17.4 Å². The minimum atomic E-state index is -0.930. The Morgan fingerprint density at radius 1 is 1.06 bits per heavy atom. The first-order chi connectivity index (χ1) is 16.4. The zero-order valence-corrected chi connectivity index (χ0v) is 20.5. The number of carbonyl (C=O) groups is 2. The van der Waals surface area contributed by atoms with Gasteiger partial charge in [0.25, 0.3) is 5.91 Å². The smallest absolute Gasteiger partial charge is 0.305 e. The van der Waals surface area contributed by atoms with Gasteiger partial charge in [-0.3, -0.25) is 9.59 Å². The van der Waals surface area contributed by atoms with Crippen LogP contribution in [0.5, 0.6) is 0 Å². The third-order valence-corrected chi connectivity index (χ3v) is 6.44. The van der Waals surface area contributed by atoms with E-state index in [1.54, 1.807) is 12.1 Å². The van der Waals surface area contributed by atoms with Crippen LogP contribution in [0.2, 0.25) is 0 Å². The van der Waals surface area contributed by atoms with Gasteiger partial charge >= 0.3 is 5.97 Å². The molecule has 1 amide bonds. The van der Waals surface area contributed by atoms with Crippen LogP contribution in [0, 0.1) is 11.8 Å².